The fourth-order valence-electron chi connectivity index (χ4n) is 3.98. The molecule has 4 aromatic rings. The van der Waals surface area contributed by atoms with Crippen LogP contribution in [0.1, 0.15) is 11.1 Å². The summed E-state index contributed by atoms with van der Waals surface area (Å²) in [5.74, 6) is -1.35. The number of anilines is 1. The highest BCUT2D eigenvalue weighted by Crippen LogP contribution is 2.33. The molecule has 5 rings (SSSR count). The van der Waals surface area contributed by atoms with Gasteiger partial charge < -0.3 is 4.18 Å². The van der Waals surface area contributed by atoms with Crippen molar-refractivity contribution >= 4 is 61.8 Å². The van der Waals surface area contributed by atoms with Crippen LogP contribution in [0.4, 0.5) is 5.69 Å². The minimum absolute atomic E-state index is 0.0167. The zero-order valence-electron chi connectivity index (χ0n) is 19.5. The van der Waals surface area contributed by atoms with Crippen molar-refractivity contribution in [3.05, 3.63) is 108 Å². The van der Waals surface area contributed by atoms with Crippen molar-refractivity contribution in [2.45, 2.75) is 11.8 Å². The third-order valence-electron chi connectivity index (χ3n) is 5.84. The summed E-state index contributed by atoms with van der Waals surface area (Å²) in [6.07, 6.45) is 1.34. The number of thiocarbonyl (C=S) groups is 1. The summed E-state index contributed by atoms with van der Waals surface area (Å²) in [6.45, 7) is 1.85. The Kier molecular flexibility index (Phi) is 6.32. The van der Waals surface area contributed by atoms with E-state index in [9.17, 15) is 18.0 Å². The van der Waals surface area contributed by atoms with Crippen LogP contribution >= 0.6 is 12.2 Å². The predicted octanol–water partition coefficient (Wildman–Crippen LogP) is 4.75. The third-order valence-corrected chi connectivity index (χ3v) is 7.38. The first-order valence-corrected chi connectivity index (χ1v) is 13.1. The number of benzene rings is 4. The normalized spacial score (nSPS) is 15.2. The molecular formula is C28H20N2O5S2. The van der Waals surface area contributed by atoms with Gasteiger partial charge in [-0.1, -0.05) is 66.2 Å². The maximum Gasteiger partial charge on any atom is 0.339 e. The van der Waals surface area contributed by atoms with Crippen LogP contribution in [0.25, 0.3) is 16.8 Å². The van der Waals surface area contributed by atoms with Gasteiger partial charge in [0.2, 0.25) is 0 Å². The molecule has 1 N–H and O–H groups in total. The summed E-state index contributed by atoms with van der Waals surface area (Å²) < 4.78 is 31.7. The lowest BCUT2D eigenvalue weighted by Crippen LogP contribution is -2.54. The Labute approximate surface area is 219 Å². The lowest BCUT2D eigenvalue weighted by molar-refractivity contribution is -0.122. The minimum Gasteiger partial charge on any atom is -0.378 e. The second-order valence-electron chi connectivity index (χ2n) is 8.34. The molecule has 9 heteroatoms. The van der Waals surface area contributed by atoms with Gasteiger partial charge in [0.05, 0.1) is 5.69 Å². The number of aryl methyl sites for hydroxylation is 1. The van der Waals surface area contributed by atoms with Crippen LogP contribution in [0, 0.1) is 6.92 Å². The third kappa shape index (κ3) is 4.74. The first-order valence-electron chi connectivity index (χ1n) is 11.2. The minimum atomic E-state index is -4.20. The molecule has 184 valence electrons. The average molecular weight is 529 g/mol. The fraction of sp³-hybridized carbons (Fsp3) is 0.0357. The second kappa shape index (κ2) is 9.61. The van der Waals surface area contributed by atoms with Crippen LogP contribution < -0.4 is 14.4 Å². The molecule has 1 fully saturated rings. The highest BCUT2D eigenvalue weighted by atomic mass is 32.2. The molecule has 0 saturated carbocycles. The molecule has 0 unspecified atom stereocenters. The van der Waals surface area contributed by atoms with Gasteiger partial charge in [-0.05, 0) is 66.3 Å². The maximum atomic E-state index is 13.5. The van der Waals surface area contributed by atoms with Gasteiger partial charge in [-0.3, -0.25) is 19.8 Å². The lowest BCUT2D eigenvalue weighted by atomic mass is 10.00. The Morgan fingerprint density at radius 1 is 0.865 bits per heavy atom. The van der Waals surface area contributed by atoms with Crippen molar-refractivity contribution in [3.63, 3.8) is 0 Å². The lowest BCUT2D eigenvalue weighted by Gasteiger charge is -2.29. The van der Waals surface area contributed by atoms with Crippen LogP contribution in [-0.2, 0) is 19.7 Å². The van der Waals surface area contributed by atoms with Crippen molar-refractivity contribution in [2.75, 3.05) is 4.90 Å². The van der Waals surface area contributed by atoms with Gasteiger partial charge in [-0.25, -0.2) is 0 Å². The van der Waals surface area contributed by atoms with E-state index in [-0.39, 0.29) is 26.9 Å². The fourth-order valence-corrected chi connectivity index (χ4v) is 5.21. The van der Waals surface area contributed by atoms with Crippen LogP contribution in [0.5, 0.6) is 5.75 Å². The molecule has 4 aromatic carbocycles. The molecule has 0 aliphatic carbocycles. The topological polar surface area (TPSA) is 92.8 Å². The van der Waals surface area contributed by atoms with E-state index < -0.39 is 21.9 Å². The van der Waals surface area contributed by atoms with E-state index in [1.165, 1.54) is 29.2 Å². The number of amides is 2. The molecule has 2 amide bonds. The maximum absolute atomic E-state index is 13.5. The number of carbonyl (C=O) groups excluding carboxylic acids is 2. The molecule has 0 radical (unpaired) electrons. The van der Waals surface area contributed by atoms with Crippen molar-refractivity contribution in [1.29, 1.82) is 0 Å². The van der Waals surface area contributed by atoms with Crippen molar-refractivity contribution in [3.8, 4) is 5.75 Å². The van der Waals surface area contributed by atoms with Crippen LogP contribution in [0.15, 0.2) is 101 Å². The Morgan fingerprint density at radius 3 is 2.27 bits per heavy atom. The van der Waals surface area contributed by atoms with Gasteiger partial charge in [0.25, 0.3) is 11.8 Å². The quantitative estimate of drug-likeness (QED) is 0.174. The molecule has 0 aromatic heterocycles. The van der Waals surface area contributed by atoms with E-state index >= 15 is 0 Å². The number of para-hydroxylation sites is 1. The number of hydrogen-bond donors (Lipinski definition) is 1. The summed E-state index contributed by atoms with van der Waals surface area (Å²) in [7, 11) is -4.20. The number of rotatable bonds is 5. The first kappa shape index (κ1) is 24.4. The summed E-state index contributed by atoms with van der Waals surface area (Å²) in [4.78, 5) is 27.6. The van der Waals surface area contributed by atoms with Crippen LogP contribution in [0.3, 0.4) is 0 Å². The van der Waals surface area contributed by atoms with E-state index in [1.54, 1.807) is 60.7 Å². The summed E-state index contributed by atoms with van der Waals surface area (Å²) in [5.41, 5.74) is 1.44. The van der Waals surface area contributed by atoms with E-state index in [4.69, 9.17) is 16.4 Å². The van der Waals surface area contributed by atoms with Crippen LogP contribution in [-0.4, -0.2) is 25.3 Å². The molecule has 0 bridgehead atoms. The van der Waals surface area contributed by atoms with E-state index in [2.05, 4.69) is 5.32 Å². The van der Waals surface area contributed by atoms with Crippen LogP contribution in [0.2, 0.25) is 0 Å². The molecule has 1 aliphatic heterocycles. The summed E-state index contributed by atoms with van der Waals surface area (Å²) >= 11 is 5.26. The molecule has 0 atom stereocenters. The van der Waals surface area contributed by atoms with E-state index in [0.29, 0.717) is 11.1 Å². The van der Waals surface area contributed by atoms with E-state index in [0.717, 1.165) is 10.9 Å². The van der Waals surface area contributed by atoms with Gasteiger partial charge in [0, 0.05) is 5.56 Å². The largest absolute Gasteiger partial charge is 0.378 e. The Bertz CT molecular complexity index is 1700. The molecule has 37 heavy (non-hydrogen) atoms. The number of carbonyl (C=O) groups is 2. The summed E-state index contributed by atoms with van der Waals surface area (Å²) in [6, 6.07) is 25.4. The van der Waals surface area contributed by atoms with Crippen molar-refractivity contribution in [1.82, 2.24) is 5.32 Å². The molecular weight excluding hydrogens is 508 g/mol. The average Bonchev–Trinajstić information content (AvgIpc) is 2.88. The van der Waals surface area contributed by atoms with E-state index in [1.807, 2.05) is 19.1 Å². The number of hydrogen-bond acceptors (Lipinski definition) is 6. The SMILES string of the molecule is Cc1ccc(S(=O)(=O)Oc2ccc3ccccc3c2/C=C2/C(=O)NC(=S)N(c3ccccc3)C2=O)cc1. The van der Waals surface area contributed by atoms with Gasteiger partial charge in [-0.15, -0.1) is 0 Å². The molecule has 1 aliphatic rings. The first-order chi connectivity index (χ1) is 17.7. The molecule has 1 saturated heterocycles. The number of nitrogens with zero attached hydrogens (tertiary/aromatic N) is 1. The Hall–Kier alpha value is -4.34. The zero-order valence-corrected chi connectivity index (χ0v) is 21.2. The van der Waals surface area contributed by atoms with Crippen molar-refractivity contribution in [2.24, 2.45) is 0 Å². The molecule has 0 spiro atoms. The number of fused-ring (bicyclic) bond motifs is 1. The van der Waals surface area contributed by atoms with Gasteiger partial charge in [-0.2, -0.15) is 8.42 Å². The zero-order chi connectivity index (χ0) is 26.2. The highest BCUT2D eigenvalue weighted by Gasteiger charge is 2.35. The van der Waals surface area contributed by atoms with Gasteiger partial charge >= 0.3 is 10.1 Å². The molecule has 7 nitrogen and oxygen atoms in total. The van der Waals surface area contributed by atoms with Gasteiger partial charge in [0.15, 0.2) is 10.9 Å². The summed E-state index contributed by atoms with van der Waals surface area (Å²) in [5, 5.41) is 3.87. The number of nitrogens with one attached hydrogen (secondary N) is 1. The Morgan fingerprint density at radius 2 is 1.54 bits per heavy atom. The second-order valence-corrected chi connectivity index (χ2v) is 10.3. The van der Waals surface area contributed by atoms with Gasteiger partial charge in [0.1, 0.15) is 10.5 Å². The monoisotopic (exact) mass is 528 g/mol. The highest BCUT2D eigenvalue weighted by molar-refractivity contribution is 7.87. The Balaban J connectivity index is 1.64. The van der Waals surface area contributed by atoms with Crippen molar-refractivity contribution < 1.29 is 22.2 Å². The predicted molar refractivity (Wildman–Crippen MR) is 146 cm³/mol. The standard InChI is InChI=1S/C28H20N2O5S2/c1-18-11-14-21(15-12-18)37(33,34)35-25-16-13-19-7-5-6-10-22(19)23(25)17-24-26(31)29-28(36)30(27(24)32)20-8-3-2-4-9-20/h2-17H,1H3,(H,29,31,36)/b24-17-. The molecule has 1 heterocycles. The smallest absolute Gasteiger partial charge is 0.339 e.